The Morgan fingerprint density at radius 1 is 1.09 bits per heavy atom. The Kier molecular flexibility index (Phi) is 6.08. The molecule has 5 rings (SSSR count). The zero-order valence-electron chi connectivity index (χ0n) is 18.1. The third-order valence-corrected chi connectivity index (χ3v) is 6.07. The zero-order chi connectivity index (χ0) is 22.8. The van der Waals surface area contributed by atoms with Crippen molar-refractivity contribution in [3.8, 4) is 22.6 Å². The first kappa shape index (κ1) is 21.6. The second kappa shape index (κ2) is 9.30. The Morgan fingerprint density at radius 2 is 1.85 bits per heavy atom. The van der Waals surface area contributed by atoms with Gasteiger partial charge in [0.15, 0.2) is 0 Å². The summed E-state index contributed by atoms with van der Waals surface area (Å²) in [4.78, 5) is 25.4. The van der Waals surface area contributed by atoms with Crippen LogP contribution in [0.4, 0.5) is 0 Å². The number of halogens is 1. The fourth-order valence-corrected chi connectivity index (χ4v) is 4.22. The third kappa shape index (κ3) is 4.47. The van der Waals surface area contributed by atoms with Gasteiger partial charge in [0.2, 0.25) is 18.1 Å². The number of benzene rings is 1. The number of hydrogen-bond donors (Lipinski definition) is 0. The van der Waals surface area contributed by atoms with Crippen LogP contribution in [0.3, 0.4) is 0 Å². The number of pyridine rings is 1. The van der Waals surface area contributed by atoms with Crippen molar-refractivity contribution in [1.82, 2.24) is 29.3 Å². The smallest absolute Gasteiger partial charge is 0.248 e. The van der Waals surface area contributed by atoms with Crippen molar-refractivity contribution in [3.05, 3.63) is 59.7 Å². The molecule has 1 aliphatic rings. The van der Waals surface area contributed by atoms with Gasteiger partial charge >= 0.3 is 0 Å². The second-order valence-electron chi connectivity index (χ2n) is 7.90. The Bertz CT molecular complexity index is 1250. The topological polar surface area (TPSA) is 89.0 Å². The molecule has 0 aliphatic carbocycles. The summed E-state index contributed by atoms with van der Waals surface area (Å²) in [6.45, 7) is 3.68. The van der Waals surface area contributed by atoms with E-state index in [2.05, 4.69) is 19.4 Å². The van der Waals surface area contributed by atoms with E-state index in [9.17, 15) is 4.79 Å². The lowest BCUT2D eigenvalue weighted by molar-refractivity contribution is -0.136. The molecule has 0 saturated carbocycles. The highest BCUT2D eigenvalue weighted by molar-refractivity contribution is 6.30. The highest BCUT2D eigenvalue weighted by Gasteiger charge is 2.24. The number of piperazine rings is 1. The van der Waals surface area contributed by atoms with Crippen LogP contribution in [0.25, 0.3) is 28.3 Å². The Labute approximate surface area is 195 Å². The van der Waals surface area contributed by atoms with Gasteiger partial charge in [-0.05, 0) is 24.3 Å². The predicted octanol–water partition coefficient (Wildman–Crippen LogP) is 3.00. The minimum atomic E-state index is 0.0264. The third-order valence-electron chi connectivity index (χ3n) is 5.82. The lowest BCUT2D eigenvalue weighted by atomic mass is 10.1. The largest absolute Gasteiger partial charge is 0.375 e. The molecule has 10 heteroatoms. The van der Waals surface area contributed by atoms with Crippen molar-refractivity contribution in [2.24, 2.45) is 0 Å². The van der Waals surface area contributed by atoms with E-state index in [4.69, 9.17) is 25.8 Å². The number of ether oxygens (including phenoxy) is 1. The molecule has 9 nitrogen and oxygen atoms in total. The standard InChI is InChI=1S/C23H23ClN6O3/c1-32-14-21(31)29-10-8-28(9-11-29)13-19-22(16-2-5-18(24)6-3-16)26-20-7-4-17(12-30(19)20)23-25-15-33-27-23/h2-7,12,15H,8-11,13-14H2,1H3. The lowest BCUT2D eigenvalue weighted by Crippen LogP contribution is -2.49. The van der Waals surface area contributed by atoms with Crippen molar-refractivity contribution >= 4 is 23.2 Å². The molecule has 4 heterocycles. The molecule has 1 aliphatic heterocycles. The van der Waals surface area contributed by atoms with Gasteiger partial charge in [-0.3, -0.25) is 9.69 Å². The molecule has 1 amide bonds. The zero-order valence-corrected chi connectivity index (χ0v) is 18.9. The monoisotopic (exact) mass is 466 g/mol. The summed E-state index contributed by atoms with van der Waals surface area (Å²) in [5.74, 6) is 0.549. The molecule has 1 fully saturated rings. The van der Waals surface area contributed by atoms with E-state index in [1.165, 1.54) is 6.39 Å². The van der Waals surface area contributed by atoms with Crippen LogP contribution in [0.2, 0.25) is 5.02 Å². The van der Waals surface area contributed by atoms with Gasteiger partial charge in [-0.15, -0.1) is 0 Å². The molecule has 0 bridgehead atoms. The first-order valence-electron chi connectivity index (χ1n) is 10.6. The number of carbonyl (C=O) groups excluding carboxylic acids is 1. The van der Waals surface area contributed by atoms with Crippen molar-refractivity contribution in [2.45, 2.75) is 6.54 Å². The molecule has 0 N–H and O–H groups in total. The van der Waals surface area contributed by atoms with Gasteiger partial charge in [-0.1, -0.05) is 28.9 Å². The summed E-state index contributed by atoms with van der Waals surface area (Å²) in [5.41, 5.74) is 4.61. The van der Waals surface area contributed by atoms with Crippen LogP contribution in [0.5, 0.6) is 0 Å². The van der Waals surface area contributed by atoms with Crippen molar-refractivity contribution in [1.29, 1.82) is 0 Å². The highest BCUT2D eigenvalue weighted by Crippen LogP contribution is 2.29. The maximum atomic E-state index is 12.2. The van der Waals surface area contributed by atoms with E-state index in [1.807, 2.05) is 47.5 Å². The van der Waals surface area contributed by atoms with Crippen LogP contribution in [-0.4, -0.2) is 75.1 Å². The van der Waals surface area contributed by atoms with E-state index in [1.54, 1.807) is 7.11 Å². The molecule has 0 radical (unpaired) electrons. The van der Waals surface area contributed by atoms with Crippen LogP contribution in [0.1, 0.15) is 5.69 Å². The minimum absolute atomic E-state index is 0.0264. The summed E-state index contributed by atoms with van der Waals surface area (Å²) in [5, 5.41) is 4.64. The fraction of sp³-hybridized carbons (Fsp3) is 0.304. The van der Waals surface area contributed by atoms with Crippen LogP contribution in [-0.2, 0) is 16.1 Å². The summed E-state index contributed by atoms with van der Waals surface area (Å²) in [6.07, 6.45) is 3.30. The minimum Gasteiger partial charge on any atom is -0.375 e. The van der Waals surface area contributed by atoms with Crippen LogP contribution in [0, 0.1) is 0 Å². The van der Waals surface area contributed by atoms with Gasteiger partial charge in [0.25, 0.3) is 0 Å². The predicted molar refractivity (Wildman–Crippen MR) is 123 cm³/mol. The second-order valence-corrected chi connectivity index (χ2v) is 8.34. The molecule has 170 valence electrons. The number of carbonyl (C=O) groups is 1. The summed E-state index contributed by atoms with van der Waals surface area (Å²) in [6, 6.07) is 11.6. The number of nitrogens with zero attached hydrogens (tertiary/aromatic N) is 6. The van der Waals surface area contributed by atoms with Gasteiger partial charge in [-0.2, -0.15) is 4.98 Å². The van der Waals surface area contributed by atoms with Crippen LogP contribution < -0.4 is 0 Å². The molecule has 3 aromatic heterocycles. The highest BCUT2D eigenvalue weighted by atomic mass is 35.5. The normalized spacial score (nSPS) is 14.8. The molecular weight excluding hydrogens is 444 g/mol. The van der Waals surface area contributed by atoms with Gasteiger partial charge < -0.3 is 18.6 Å². The molecule has 33 heavy (non-hydrogen) atoms. The van der Waals surface area contributed by atoms with Crippen LogP contribution >= 0.6 is 11.6 Å². The van der Waals surface area contributed by atoms with Crippen molar-refractivity contribution in [3.63, 3.8) is 0 Å². The summed E-state index contributed by atoms with van der Waals surface area (Å²) < 4.78 is 12.0. The average molecular weight is 467 g/mol. The maximum absolute atomic E-state index is 12.2. The quantitative estimate of drug-likeness (QED) is 0.431. The van der Waals surface area contributed by atoms with Gasteiger partial charge in [0.05, 0.1) is 11.4 Å². The van der Waals surface area contributed by atoms with E-state index in [0.717, 1.165) is 41.3 Å². The number of rotatable bonds is 6. The fourth-order valence-electron chi connectivity index (χ4n) is 4.10. The van der Waals surface area contributed by atoms with E-state index in [-0.39, 0.29) is 12.5 Å². The van der Waals surface area contributed by atoms with E-state index < -0.39 is 0 Å². The molecule has 4 aromatic rings. The number of fused-ring (bicyclic) bond motifs is 1. The van der Waals surface area contributed by atoms with E-state index in [0.29, 0.717) is 30.5 Å². The molecular formula is C23H23ClN6O3. The number of imidazole rings is 1. The van der Waals surface area contributed by atoms with Gasteiger partial charge in [0, 0.05) is 62.2 Å². The Hall–Kier alpha value is -3.27. The Balaban J connectivity index is 1.48. The number of amides is 1. The molecule has 0 unspecified atom stereocenters. The van der Waals surface area contributed by atoms with Crippen LogP contribution in [0.15, 0.2) is 53.5 Å². The molecule has 1 saturated heterocycles. The number of aromatic nitrogens is 4. The average Bonchev–Trinajstić information content (AvgIpc) is 3.49. The summed E-state index contributed by atoms with van der Waals surface area (Å²) >= 11 is 6.12. The van der Waals surface area contributed by atoms with Gasteiger partial charge in [0.1, 0.15) is 12.3 Å². The molecule has 0 atom stereocenters. The first-order valence-corrected chi connectivity index (χ1v) is 11.0. The Morgan fingerprint density at radius 3 is 2.55 bits per heavy atom. The molecule has 0 spiro atoms. The lowest BCUT2D eigenvalue weighted by Gasteiger charge is -2.34. The number of methoxy groups -OCH3 is 1. The van der Waals surface area contributed by atoms with Crippen molar-refractivity contribution in [2.75, 3.05) is 39.9 Å². The number of hydrogen-bond acceptors (Lipinski definition) is 7. The van der Waals surface area contributed by atoms with Gasteiger partial charge in [-0.25, -0.2) is 4.98 Å². The first-order chi connectivity index (χ1) is 16.1. The molecule has 1 aromatic carbocycles. The van der Waals surface area contributed by atoms with Crippen molar-refractivity contribution < 1.29 is 14.1 Å². The SMILES string of the molecule is COCC(=O)N1CCN(Cc2c(-c3ccc(Cl)cc3)nc3ccc(-c4ncon4)cn23)CC1. The van der Waals surface area contributed by atoms with E-state index >= 15 is 0 Å². The summed E-state index contributed by atoms with van der Waals surface area (Å²) in [7, 11) is 1.54. The maximum Gasteiger partial charge on any atom is 0.248 e.